The first-order valence-electron chi connectivity index (χ1n) is 6.95. The molecule has 0 aliphatic heterocycles. The maximum absolute atomic E-state index is 6.48. The monoisotopic (exact) mass is 296 g/mol. The van der Waals surface area contributed by atoms with Crippen LogP contribution in [0.15, 0.2) is 42.5 Å². The highest BCUT2D eigenvalue weighted by atomic mass is 35.5. The molecule has 0 amide bonds. The molecule has 0 unspecified atom stereocenters. The van der Waals surface area contributed by atoms with Crippen molar-refractivity contribution in [2.75, 3.05) is 5.32 Å². The van der Waals surface area contributed by atoms with Gasteiger partial charge in [0, 0.05) is 11.1 Å². The molecular weight excluding hydrogens is 280 g/mol. The van der Waals surface area contributed by atoms with Gasteiger partial charge in [-0.3, -0.25) is 4.98 Å². The molecule has 0 aliphatic carbocycles. The number of fused-ring (bicyclic) bond motifs is 1. The van der Waals surface area contributed by atoms with E-state index in [1.54, 1.807) is 0 Å². The summed E-state index contributed by atoms with van der Waals surface area (Å²) in [7, 11) is 0. The number of aromatic nitrogens is 1. The lowest BCUT2D eigenvalue weighted by Gasteiger charge is -2.14. The summed E-state index contributed by atoms with van der Waals surface area (Å²) < 4.78 is 0. The summed E-state index contributed by atoms with van der Waals surface area (Å²) in [6.45, 7) is 6.08. The fraction of sp³-hybridized carbons (Fsp3) is 0.167. The number of hydrogen-bond acceptors (Lipinski definition) is 2. The maximum Gasteiger partial charge on any atom is 0.0859 e. The van der Waals surface area contributed by atoms with Crippen molar-refractivity contribution in [3.8, 4) is 0 Å². The molecule has 1 N–H and O–H groups in total. The van der Waals surface area contributed by atoms with Crippen molar-refractivity contribution in [2.45, 2.75) is 20.8 Å². The van der Waals surface area contributed by atoms with Crippen LogP contribution in [-0.2, 0) is 0 Å². The Balaban J connectivity index is 2.18. The molecule has 0 atom stereocenters. The number of nitrogens with zero attached hydrogens (tertiary/aromatic N) is 1. The zero-order valence-electron chi connectivity index (χ0n) is 12.4. The second kappa shape index (κ2) is 5.38. The zero-order chi connectivity index (χ0) is 15.0. The Kier molecular flexibility index (Phi) is 3.56. The molecule has 3 aromatic rings. The van der Waals surface area contributed by atoms with Gasteiger partial charge in [-0.1, -0.05) is 35.9 Å². The lowest BCUT2D eigenvalue weighted by Crippen LogP contribution is -1.97. The molecule has 0 saturated carbocycles. The Hall–Kier alpha value is -2.06. The van der Waals surface area contributed by atoms with Crippen LogP contribution in [-0.4, -0.2) is 4.98 Å². The lowest BCUT2D eigenvalue weighted by molar-refractivity contribution is 1.25. The normalized spacial score (nSPS) is 10.9. The predicted molar refractivity (Wildman–Crippen MR) is 90.7 cm³/mol. The molecule has 0 spiro atoms. The average Bonchev–Trinajstić information content (AvgIpc) is 2.44. The van der Waals surface area contributed by atoms with Gasteiger partial charge >= 0.3 is 0 Å². The molecule has 3 rings (SSSR count). The quantitative estimate of drug-likeness (QED) is 0.670. The van der Waals surface area contributed by atoms with Gasteiger partial charge in [0.25, 0.3) is 0 Å². The Bertz CT molecular complexity index is 825. The number of halogens is 1. The molecule has 1 heterocycles. The molecule has 21 heavy (non-hydrogen) atoms. The summed E-state index contributed by atoms with van der Waals surface area (Å²) in [4.78, 5) is 4.58. The first-order chi connectivity index (χ1) is 10.0. The molecule has 2 aromatic carbocycles. The van der Waals surface area contributed by atoms with Crippen LogP contribution in [0.4, 0.5) is 11.4 Å². The minimum absolute atomic E-state index is 0.674. The van der Waals surface area contributed by atoms with Crippen LogP contribution in [0.1, 0.15) is 16.8 Å². The molecule has 3 heteroatoms. The van der Waals surface area contributed by atoms with Crippen LogP contribution in [0.5, 0.6) is 0 Å². The van der Waals surface area contributed by atoms with Crippen LogP contribution < -0.4 is 5.32 Å². The van der Waals surface area contributed by atoms with Gasteiger partial charge in [-0.25, -0.2) is 0 Å². The second-order valence-electron chi connectivity index (χ2n) is 5.40. The third kappa shape index (κ3) is 2.72. The number of nitrogens with one attached hydrogen (secondary N) is 1. The Morgan fingerprint density at radius 3 is 2.48 bits per heavy atom. The van der Waals surface area contributed by atoms with Crippen LogP contribution >= 0.6 is 11.6 Å². The fourth-order valence-corrected chi connectivity index (χ4v) is 2.66. The minimum Gasteiger partial charge on any atom is -0.354 e. The van der Waals surface area contributed by atoms with E-state index < -0.39 is 0 Å². The summed E-state index contributed by atoms with van der Waals surface area (Å²) in [5.74, 6) is 0. The number of hydrogen-bond donors (Lipinski definition) is 1. The average molecular weight is 297 g/mol. The van der Waals surface area contributed by atoms with Gasteiger partial charge in [-0.2, -0.15) is 0 Å². The number of rotatable bonds is 2. The summed E-state index contributed by atoms with van der Waals surface area (Å²) >= 11 is 6.48. The van der Waals surface area contributed by atoms with E-state index in [4.69, 9.17) is 11.6 Å². The molecule has 0 fully saturated rings. The highest BCUT2D eigenvalue weighted by Gasteiger charge is 2.11. The van der Waals surface area contributed by atoms with Gasteiger partial charge < -0.3 is 5.32 Å². The van der Waals surface area contributed by atoms with Crippen molar-refractivity contribution in [1.29, 1.82) is 0 Å². The summed E-state index contributed by atoms with van der Waals surface area (Å²) in [5, 5.41) is 5.16. The molecule has 1 aromatic heterocycles. The first-order valence-corrected chi connectivity index (χ1v) is 7.32. The van der Waals surface area contributed by atoms with Gasteiger partial charge in [-0.05, 0) is 50.1 Å². The van der Waals surface area contributed by atoms with E-state index in [9.17, 15) is 0 Å². The van der Waals surface area contributed by atoms with Crippen LogP contribution in [0.3, 0.4) is 0 Å². The molecule has 0 radical (unpaired) electrons. The number of benzene rings is 2. The highest BCUT2D eigenvalue weighted by Crippen LogP contribution is 2.35. The SMILES string of the molecule is Cc1cccc(Nc2c(Cl)c(C)nc3cc(C)ccc23)c1. The maximum atomic E-state index is 6.48. The van der Waals surface area contributed by atoms with Gasteiger partial charge in [0.15, 0.2) is 0 Å². The number of pyridine rings is 1. The van der Waals surface area contributed by atoms with Crippen molar-refractivity contribution < 1.29 is 0 Å². The van der Waals surface area contributed by atoms with Gasteiger partial charge in [-0.15, -0.1) is 0 Å². The van der Waals surface area contributed by atoms with E-state index in [0.29, 0.717) is 5.02 Å². The van der Waals surface area contributed by atoms with E-state index >= 15 is 0 Å². The Morgan fingerprint density at radius 2 is 1.71 bits per heavy atom. The van der Waals surface area contributed by atoms with E-state index in [1.807, 2.05) is 19.1 Å². The van der Waals surface area contributed by atoms with Crippen molar-refractivity contribution in [1.82, 2.24) is 4.98 Å². The standard InChI is InChI=1S/C18H17ClN2/c1-11-5-4-6-14(9-11)21-18-15-8-7-12(2)10-16(15)20-13(3)17(18)19/h4-10H,1-3H3,(H,20,21). The Labute approximate surface area is 129 Å². The lowest BCUT2D eigenvalue weighted by atomic mass is 10.1. The van der Waals surface area contributed by atoms with E-state index in [0.717, 1.165) is 28.0 Å². The van der Waals surface area contributed by atoms with Crippen molar-refractivity contribution in [2.24, 2.45) is 0 Å². The minimum atomic E-state index is 0.674. The van der Waals surface area contributed by atoms with Crippen LogP contribution in [0, 0.1) is 20.8 Å². The van der Waals surface area contributed by atoms with Gasteiger partial charge in [0.2, 0.25) is 0 Å². The summed E-state index contributed by atoms with van der Waals surface area (Å²) in [5.41, 5.74) is 6.16. The topological polar surface area (TPSA) is 24.9 Å². The molecule has 2 nitrogen and oxygen atoms in total. The van der Waals surface area contributed by atoms with Crippen molar-refractivity contribution in [3.63, 3.8) is 0 Å². The number of aryl methyl sites for hydroxylation is 3. The van der Waals surface area contributed by atoms with E-state index in [2.05, 4.69) is 54.5 Å². The molecule has 106 valence electrons. The van der Waals surface area contributed by atoms with E-state index in [-0.39, 0.29) is 0 Å². The third-order valence-corrected chi connectivity index (χ3v) is 4.00. The molecular formula is C18H17ClN2. The predicted octanol–water partition coefficient (Wildman–Crippen LogP) is 5.56. The Morgan fingerprint density at radius 1 is 0.952 bits per heavy atom. The molecule has 0 saturated heterocycles. The zero-order valence-corrected chi connectivity index (χ0v) is 13.1. The molecule has 0 bridgehead atoms. The van der Waals surface area contributed by atoms with Crippen molar-refractivity contribution >= 4 is 33.9 Å². The second-order valence-corrected chi connectivity index (χ2v) is 5.78. The highest BCUT2D eigenvalue weighted by molar-refractivity contribution is 6.35. The molecule has 0 aliphatic rings. The summed E-state index contributed by atoms with van der Waals surface area (Å²) in [6.07, 6.45) is 0. The van der Waals surface area contributed by atoms with Crippen LogP contribution in [0.25, 0.3) is 10.9 Å². The fourth-order valence-electron chi connectivity index (χ4n) is 2.46. The van der Waals surface area contributed by atoms with Crippen molar-refractivity contribution in [3.05, 3.63) is 64.3 Å². The third-order valence-electron chi connectivity index (χ3n) is 3.54. The van der Waals surface area contributed by atoms with Crippen LogP contribution in [0.2, 0.25) is 5.02 Å². The number of anilines is 2. The smallest absolute Gasteiger partial charge is 0.0859 e. The first kappa shape index (κ1) is 13.9. The van der Waals surface area contributed by atoms with Gasteiger partial charge in [0.05, 0.1) is 21.9 Å². The largest absolute Gasteiger partial charge is 0.354 e. The summed E-state index contributed by atoms with van der Waals surface area (Å²) in [6, 6.07) is 14.5. The van der Waals surface area contributed by atoms with E-state index in [1.165, 1.54) is 11.1 Å². The van der Waals surface area contributed by atoms with Gasteiger partial charge in [0.1, 0.15) is 0 Å².